The van der Waals surface area contributed by atoms with Crippen molar-refractivity contribution in [2.75, 3.05) is 11.9 Å². The van der Waals surface area contributed by atoms with Crippen molar-refractivity contribution in [3.63, 3.8) is 0 Å². The molecule has 1 amide bonds. The van der Waals surface area contributed by atoms with Crippen molar-refractivity contribution in [2.24, 2.45) is 0 Å². The Morgan fingerprint density at radius 1 is 1.21 bits per heavy atom. The zero-order valence-electron chi connectivity index (χ0n) is 18.5. The van der Waals surface area contributed by atoms with Crippen molar-refractivity contribution in [3.8, 4) is 6.07 Å². The van der Waals surface area contributed by atoms with Gasteiger partial charge in [0.15, 0.2) is 6.10 Å². The number of amides is 1. The van der Waals surface area contributed by atoms with E-state index >= 15 is 0 Å². The van der Waals surface area contributed by atoms with Gasteiger partial charge in [0.05, 0.1) is 22.6 Å². The maximum Gasteiger partial charge on any atom is 0.325 e. The average molecular weight is 472 g/mol. The lowest BCUT2D eigenvalue weighted by Crippen LogP contribution is -2.43. The second-order valence-electron chi connectivity index (χ2n) is 7.99. The van der Waals surface area contributed by atoms with E-state index in [2.05, 4.69) is 5.32 Å². The number of hydrogen-bond donors (Lipinski definition) is 2. The third kappa shape index (κ3) is 5.39. The zero-order valence-corrected chi connectivity index (χ0v) is 19.3. The summed E-state index contributed by atoms with van der Waals surface area (Å²) in [5.41, 5.74) is 2.41. The fourth-order valence-electron chi connectivity index (χ4n) is 3.49. The number of aryl methyl sites for hydroxylation is 2. The number of carbonyl (C=O) groups excluding carboxylic acids is 2. The van der Waals surface area contributed by atoms with Crippen LogP contribution in [0.1, 0.15) is 30.0 Å². The van der Waals surface area contributed by atoms with Gasteiger partial charge < -0.3 is 15.2 Å². The molecule has 0 radical (unpaired) electrons. The Kier molecular flexibility index (Phi) is 7.17. The van der Waals surface area contributed by atoms with E-state index in [1.54, 1.807) is 31.2 Å². The highest BCUT2D eigenvalue weighted by atomic mass is 32.2. The maximum absolute atomic E-state index is 13.2. The highest BCUT2D eigenvalue weighted by molar-refractivity contribution is 7.89. The van der Waals surface area contributed by atoms with Crippen LogP contribution in [0.25, 0.3) is 0 Å². The molecule has 9 nitrogen and oxygen atoms in total. The lowest BCUT2D eigenvalue weighted by Gasteiger charge is -2.24. The Bertz CT molecular complexity index is 1220. The van der Waals surface area contributed by atoms with Crippen molar-refractivity contribution >= 4 is 27.6 Å². The van der Waals surface area contributed by atoms with Gasteiger partial charge in [0.25, 0.3) is 5.91 Å². The molecule has 2 aromatic carbocycles. The number of benzene rings is 2. The van der Waals surface area contributed by atoms with Crippen LogP contribution in [0.3, 0.4) is 0 Å². The Balaban J connectivity index is 1.74. The van der Waals surface area contributed by atoms with Crippen LogP contribution in [0.5, 0.6) is 0 Å². The molecule has 3 rings (SSSR count). The van der Waals surface area contributed by atoms with E-state index in [9.17, 15) is 23.1 Å². The number of aliphatic hydroxyl groups excluding tert-OH is 1. The van der Waals surface area contributed by atoms with Gasteiger partial charge in [-0.1, -0.05) is 12.1 Å². The molecule has 0 saturated carbocycles. The summed E-state index contributed by atoms with van der Waals surface area (Å²) >= 11 is 0. The van der Waals surface area contributed by atoms with Gasteiger partial charge in [0.1, 0.15) is 6.04 Å². The van der Waals surface area contributed by atoms with Crippen LogP contribution in [0.2, 0.25) is 0 Å². The molecular weight excluding hydrogens is 446 g/mol. The van der Waals surface area contributed by atoms with Gasteiger partial charge in [-0.25, -0.2) is 8.42 Å². The van der Waals surface area contributed by atoms with Crippen LogP contribution in [0.15, 0.2) is 47.4 Å². The summed E-state index contributed by atoms with van der Waals surface area (Å²) in [6.07, 6.45) is -2.41. The number of carbonyl (C=O) groups is 2. The van der Waals surface area contributed by atoms with E-state index in [-0.39, 0.29) is 17.9 Å². The first-order valence-electron chi connectivity index (χ1n) is 10.3. The van der Waals surface area contributed by atoms with Crippen molar-refractivity contribution < 1.29 is 27.9 Å². The summed E-state index contributed by atoms with van der Waals surface area (Å²) in [5, 5.41) is 21.6. The first-order valence-corrected chi connectivity index (χ1v) is 11.8. The van der Waals surface area contributed by atoms with Gasteiger partial charge >= 0.3 is 5.97 Å². The van der Waals surface area contributed by atoms with Crippen molar-refractivity contribution in [2.45, 2.75) is 50.3 Å². The fourth-order valence-corrected chi connectivity index (χ4v) is 5.20. The number of nitrogens with one attached hydrogen (secondary N) is 1. The van der Waals surface area contributed by atoms with Crippen LogP contribution in [0, 0.1) is 25.2 Å². The number of nitriles is 1. The van der Waals surface area contributed by atoms with Gasteiger partial charge in [-0.05, 0) is 62.2 Å². The molecule has 1 aliphatic heterocycles. The molecule has 1 fully saturated rings. The van der Waals surface area contributed by atoms with E-state index in [1.807, 2.05) is 13.0 Å². The normalized spacial score (nSPS) is 19.5. The lowest BCUT2D eigenvalue weighted by atomic mass is 10.1. The molecule has 0 spiro atoms. The van der Waals surface area contributed by atoms with Crippen LogP contribution < -0.4 is 5.32 Å². The minimum Gasteiger partial charge on any atom is -0.451 e. The summed E-state index contributed by atoms with van der Waals surface area (Å²) in [6, 6.07) is 11.6. The van der Waals surface area contributed by atoms with E-state index < -0.39 is 40.1 Å². The number of rotatable bonds is 6. The molecule has 0 aliphatic carbocycles. The smallest absolute Gasteiger partial charge is 0.325 e. The van der Waals surface area contributed by atoms with Gasteiger partial charge in [-0.2, -0.15) is 9.57 Å². The number of aliphatic hydroxyl groups is 1. The molecule has 33 heavy (non-hydrogen) atoms. The molecule has 2 aromatic rings. The van der Waals surface area contributed by atoms with E-state index in [1.165, 1.54) is 25.1 Å². The van der Waals surface area contributed by atoms with Gasteiger partial charge in [-0.15, -0.1) is 0 Å². The number of esters is 1. The summed E-state index contributed by atoms with van der Waals surface area (Å²) in [4.78, 5) is 25.3. The number of anilines is 1. The third-order valence-electron chi connectivity index (χ3n) is 5.51. The van der Waals surface area contributed by atoms with Crippen LogP contribution in [-0.4, -0.2) is 54.5 Å². The molecule has 0 bridgehead atoms. The maximum atomic E-state index is 13.2. The molecule has 1 aliphatic rings. The Morgan fingerprint density at radius 3 is 2.61 bits per heavy atom. The Labute approximate surface area is 192 Å². The first kappa shape index (κ1) is 24.4. The molecule has 2 unspecified atom stereocenters. The summed E-state index contributed by atoms with van der Waals surface area (Å²) in [6.45, 7) is 4.74. The largest absolute Gasteiger partial charge is 0.451 e. The highest BCUT2D eigenvalue weighted by Gasteiger charge is 2.45. The third-order valence-corrected chi connectivity index (χ3v) is 7.38. The summed E-state index contributed by atoms with van der Waals surface area (Å²) in [7, 11) is -4.08. The summed E-state index contributed by atoms with van der Waals surface area (Å²) < 4.78 is 32.5. The van der Waals surface area contributed by atoms with Crippen LogP contribution in [0.4, 0.5) is 5.69 Å². The molecule has 1 saturated heterocycles. The van der Waals surface area contributed by atoms with Gasteiger partial charge in [0.2, 0.25) is 10.0 Å². The van der Waals surface area contributed by atoms with Crippen LogP contribution in [-0.2, 0) is 24.3 Å². The first-order chi connectivity index (χ1) is 15.5. The van der Waals surface area contributed by atoms with Crippen LogP contribution >= 0.6 is 0 Å². The topological polar surface area (TPSA) is 137 Å². The van der Waals surface area contributed by atoms with E-state index in [0.717, 1.165) is 15.4 Å². The summed E-state index contributed by atoms with van der Waals surface area (Å²) in [5.74, 6) is -1.56. The Morgan fingerprint density at radius 2 is 1.94 bits per heavy atom. The predicted molar refractivity (Wildman–Crippen MR) is 120 cm³/mol. The lowest BCUT2D eigenvalue weighted by molar-refractivity contribution is -0.156. The monoisotopic (exact) mass is 471 g/mol. The molecule has 10 heteroatoms. The molecule has 2 N–H and O–H groups in total. The fraction of sp³-hybridized carbons (Fsp3) is 0.348. The number of hydrogen-bond acceptors (Lipinski definition) is 7. The van der Waals surface area contributed by atoms with Crippen molar-refractivity contribution in [1.29, 1.82) is 5.26 Å². The average Bonchev–Trinajstić information content (AvgIpc) is 3.18. The molecule has 3 atom stereocenters. The number of sulfonamides is 1. The SMILES string of the molecule is Cc1ccc(S(=O)(=O)N2CC(O)C[C@H]2C(=O)OC(C)C(=O)Nc2cccc(C#N)c2)cc1C. The molecule has 1 heterocycles. The second-order valence-corrected chi connectivity index (χ2v) is 9.88. The molecular formula is C23H25N3O6S. The van der Waals surface area contributed by atoms with Crippen molar-refractivity contribution in [1.82, 2.24) is 4.31 Å². The number of β-amino-alcohol motifs (C(OH)–C–C–N with tert-alkyl or cyclic N) is 1. The number of nitrogens with zero attached hydrogens (tertiary/aromatic N) is 2. The van der Waals surface area contributed by atoms with E-state index in [4.69, 9.17) is 10.00 Å². The highest BCUT2D eigenvalue weighted by Crippen LogP contribution is 2.28. The number of ether oxygens (including phenoxy) is 1. The Hall–Kier alpha value is -3.26. The molecule has 174 valence electrons. The zero-order chi connectivity index (χ0) is 24.3. The van der Waals surface area contributed by atoms with Crippen molar-refractivity contribution in [3.05, 3.63) is 59.2 Å². The minimum atomic E-state index is -4.08. The van der Waals surface area contributed by atoms with Gasteiger partial charge in [0, 0.05) is 18.7 Å². The standard InChI is InChI=1S/C23H25N3O6S/c1-14-7-8-20(9-15(14)2)33(30,31)26-13-19(27)11-21(26)23(29)32-16(3)22(28)25-18-6-4-5-17(10-18)12-24/h4-10,16,19,21,27H,11,13H2,1-3H3,(H,25,28)/t16?,19?,21-/m0/s1. The molecule has 0 aromatic heterocycles. The predicted octanol–water partition coefficient (Wildman–Crippen LogP) is 1.87. The minimum absolute atomic E-state index is 0.0145. The second kappa shape index (κ2) is 9.70. The van der Waals surface area contributed by atoms with E-state index in [0.29, 0.717) is 11.3 Å². The quantitative estimate of drug-likeness (QED) is 0.614. The van der Waals surface area contributed by atoms with Gasteiger partial charge in [-0.3, -0.25) is 9.59 Å².